The number of ketones is 1. The van der Waals surface area contributed by atoms with E-state index in [-0.39, 0.29) is 33.9 Å². The van der Waals surface area contributed by atoms with Gasteiger partial charge in [0.05, 0.1) is 30.5 Å². The molecule has 4 aromatic rings. The highest BCUT2D eigenvalue weighted by Gasteiger charge is 2.23. The first kappa shape index (κ1) is 31.4. The SMILES string of the molecule is C=CC(=O)Nc1cc(N2CCN(CC)CC2)ccc1Cc1cc2cc(C(=O)Cc3c(Cl)c(OC)cc(OC)c3Cl)oc2cn1. The van der Waals surface area contributed by atoms with E-state index in [1.165, 1.54) is 20.3 Å². The van der Waals surface area contributed by atoms with Gasteiger partial charge in [0.15, 0.2) is 11.3 Å². The van der Waals surface area contributed by atoms with Crippen molar-refractivity contribution in [3.63, 3.8) is 0 Å². The average molecular weight is 638 g/mol. The van der Waals surface area contributed by atoms with Crippen LogP contribution in [-0.4, -0.2) is 68.5 Å². The first-order chi connectivity index (χ1) is 21.2. The Morgan fingerprint density at radius 3 is 2.39 bits per heavy atom. The number of benzene rings is 2. The van der Waals surface area contributed by atoms with Crippen molar-refractivity contribution in [2.75, 3.05) is 57.2 Å². The first-order valence-electron chi connectivity index (χ1n) is 14.3. The highest BCUT2D eigenvalue weighted by Crippen LogP contribution is 2.41. The van der Waals surface area contributed by atoms with Gasteiger partial charge in [0.25, 0.3) is 0 Å². The summed E-state index contributed by atoms with van der Waals surface area (Å²) in [5.74, 6) is 0.259. The molecular weight excluding hydrogens is 603 g/mol. The van der Waals surface area contributed by atoms with Crippen LogP contribution in [0, 0.1) is 0 Å². The summed E-state index contributed by atoms with van der Waals surface area (Å²) in [7, 11) is 2.95. The number of anilines is 2. The molecule has 1 saturated heterocycles. The number of nitrogens with one attached hydrogen (secondary N) is 1. The molecule has 0 saturated carbocycles. The van der Waals surface area contributed by atoms with Crippen LogP contribution in [0.2, 0.25) is 10.0 Å². The Hall–Kier alpha value is -4.05. The Balaban J connectivity index is 1.38. The molecule has 2 aromatic carbocycles. The van der Waals surface area contributed by atoms with Crippen molar-refractivity contribution < 1.29 is 23.5 Å². The number of carbonyl (C=O) groups is 2. The second kappa shape index (κ2) is 13.7. The predicted octanol–water partition coefficient (Wildman–Crippen LogP) is 6.43. The van der Waals surface area contributed by atoms with Gasteiger partial charge in [-0.15, -0.1) is 0 Å². The van der Waals surface area contributed by atoms with E-state index in [2.05, 4.69) is 39.7 Å². The highest BCUT2D eigenvalue weighted by molar-refractivity contribution is 6.38. The van der Waals surface area contributed by atoms with E-state index >= 15 is 0 Å². The number of carbonyl (C=O) groups excluding carboxylic acids is 2. The van der Waals surface area contributed by atoms with Crippen molar-refractivity contribution in [1.82, 2.24) is 9.88 Å². The van der Waals surface area contributed by atoms with E-state index in [4.69, 9.17) is 37.1 Å². The van der Waals surface area contributed by atoms with Gasteiger partial charge in [0.1, 0.15) is 11.5 Å². The molecule has 1 aliphatic heterocycles. The van der Waals surface area contributed by atoms with Gasteiger partial charge in [0.2, 0.25) is 11.7 Å². The minimum absolute atomic E-state index is 0.114. The number of nitrogens with zero attached hydrogens (tertiary/aromatic N) is 3. The summed E-state index contributed by atoms with van der Waals surface area (Å²) in [6, 6.07) is 11.2. The smallest absolute Gasteiger partial charge is 0.247 e. The van der Waals surface area contributed by atoms with Gasteiger partial charge >= 0.3 is 0 Å². The number of Topliss-reactive ketones (excluding diaryl/α,β-unsaturated/α-hetero) is 1. The molecule has 230 valence electrons. The standard InChI is InChI=1S/C33H34Cl2N4O5/c1-5-31(41)37-25-16-23(39-11-9-38(6-2)10-12-39)8-7-20(25)13-22-14-21-15-27(44-30(21)19-36-22)26(40)17-24-32(34)28(42-3)18-29(43-4)33(24)35/h5,7-8,14-16,18-19H,1,6,9-13,17H2,2-4H3,(H,37,41). The predicted molar refractivity (Wildman–Crippen MR) is 174 cm³/mol. The van der Waals surface area contributed by atoms with Gasteiger partial charge in [-0.1, -0.05) is 42.8 Å². The van der Waals surface area contributed by atoms with Crippen molar-refractivity contribution in [2.24, 2.45) is 0 Å². The quantitative estimate of drug-likeness (QED) is 0.148. The zero-order valence-corrected chi connectivity index (χ0v) is 26.4. The number of rotatable bonds is 11. The molecule has 5 rings (SSSR count). The lowest BCUT2D eigenvalue weighted by atomic mass is 10.0. The molecule has 1 N–H and O–H groups in total. The molecule has 1 fully saturated rings. The van der Waals surface area contributed by atoms with E-state index in [9.17, 15) is 9.59 Å². The molecule has 0 aliphatic carbocycles. The number of methoxy groups -OCH3 is 2. The number of fused-ring (bicyclic) bond motifs is 1. The number of halogens is 2. The third kappa shape index (κ3) is 6.70. The highest BCUT2D eigenvalue weighted by atomic mass is 35.5. The zero-order chi connectivity index (χ0) is 31.4. The number of furan rings is 1. The monoisotopic (exact) mass is 636 g/mol. The molecule has 0 radical (unpaired) electrons. The number of hydrogen-bond acceptors (Lipinski definition) is 8. The van der Waals surface area contributed by atoms with Crippen LogP contribution in [0.5, 0.6) is 11.5 Å². The van der Waals surface area contributed by atoms with Crippen LogP contribution in [0.25, 0.3) is 11.0 Å². The van der Waals surface area contributed by atoms with Crippen molar-refractivity contribution in [2.45, 2.75) is 19.8 Å². The van der Waals surface area contributed by atoms with Crippen molar-refractivity contribution >= 4 is 57.2 Å². The summed E-state index contributed by atoms with van der Waals surface area (Å²) in [6.45, 7) is 10.7. The minimum atomic E-state index is -0.313. The molecule has 0 atom stereocenters. The number of amides is 1. The molecule has 0 unspecified atom stereocenters. The summed E-state index contributed by atoms with van der Waals surface area (Å²) in [4.78, 5) is 34.9. The maximum Gasteiger partial charge on any atom is 0.247 e. The second-order valence-electron chi connectivity index (χ2n) is 10.4. The van der Waals surface area contributed by atoms with Crippen LogP contribution in [0.1, 0.15) is 34.3 Å². The number of likely N-dealkylation sites (N-methyl/N-ethyl adjacent to an activating group) is 1. The van der Waals surface area contributed by atoms with E-state index in [0.29, 0.717) is 34.8 Å². The number of hydrogen-bond donors (Lipinski definition) is 1. The third-order valence-electron chi connectivity index (χ3n) is 7.83. The molecule has 0 bridgehead atoms. The average Bonchev–Trinajstić information content (AvgIpc) is 3.47. The zero-order valence-electron chi connectivity index (χ0n) is 24.9. The van der Waals surface area contributed by atoms with Gasteiger partial charge in [-0.25, -0.2) is 0 Å². The van der Waals surface area contributed by atoms with E-state index in [1.807, 2.05) is 18.2 Å². The number of ether oxygens (including phenoxy) is 2. The summed E-state index contributed by atoms with van der Waals surface area (Å²) < 4.78 is 16.5. The minimum Gasteiger partial charge on any atom is -0.495 e. The maximum absolute atomic E-state index is 13.3. The summed E-state index contributed by atoms with van der Waals surface area (Å²) in [6.07, 6.45) is 3.19. The van der Waals surface area contributed by atoms with E-state index in [1.54, 1.807) is 18.3 Å². The van der Waals surface area contributed by atoms with Crippen LogP contribution in [0.3, 0.4) is 0 Å². The van der Waals surface area contributed by atoms with Crippen LogP contribution in [0.15, 0.2) is 59.7 Å². The topological polar surface area (TPSA) is 97.1 Å². The normalized spacial score (nSPS) is 13.6. The fraction of sp³-hybridized carbons (Fsp3) is 0.303. The third-order valence-corrected chi connectivity index (χ3v) is 8.66. The number of pyridine rings is 1. The number of piperazine rings is 1. The summed E-state index contributed by atoms with van der Waals surface area (Å²) in [5, 5.41) is 4.16. The van der Waals surface area contributed by atoms with Gasteiger partial charge in [-0.05, 0) is 42.4 Å². The summed E-state index contributed by atoms with van der Waals surface area (Å²) >= 11 is 13.0. The van der Waals surface area contributed by atoms with Crippen LogP contribution < -0.4 is 19.7 Å². The van der Waals surface area contributed by atoms with Gasteiger partial charge in [-0.3, -0.25) is 14.6 Å². The maximum atomic E-state index is 13.3. The van der Waals surface area contributed by atoms with Gasteiger partial charge in [0, 0.05) is 73.1 Å². The lowest BCUT2D eigenvalue weighted by Gasteiger charge is -2.35. The van der Waals surface area contributed by atoms with Gasteiger partial charge in [-0.2, -0.15) is 0 Å². The molecule has 44 heavy (non-hydrogen) atoms. The van der Waals surface area contributed by atoms with Crippen LogP contribution in [0.4, 0.5) is 11.4 Å². The molecule has 3 heterocycles. The lowest BCUT2D eigenvalue weighted by Crippen LogP contribution is -2.46. The molecule has 1 aliphatic rings. The summed E-state index contributed by atoms with van der Waals surface area (Å²) in [5.41, 5.74) is 4.27. The molecule has 9 nitrogen and oxygen atoms in total. The molecular formula is C33H34Cl2N4O5. The molecule has 2 aromatic heterocycles. The Bertz CT molecular complexity index is 1680. The largest absolute Gasteiger partial charge is 0.495 e. The lowest BCUT2D eigenvalue weighted by molar-refractivity contribution is -0.111. The Morgan fingerprint density at radius 1 is 1.05 bits per heavy atom. The molecule has 1 amide bonds. The Labute approximate surface area is 266 Å². The fourth-order valence-electron chi connectivity index (χ4n) is 5.30. The van der Waals surface area contributed by atoms with Crippen molar-refractivity contribution in [1.29, 1.82) is 0 Å². The van der Waals surface area contributed by atoms with Gasteiger partial charge < -0.3 is 29.0 Å². The molecule has 11 heteroatoms. The van der Waals surface area contributed by atoms with Crippen molar-refractivity contribution in [3.8, 4) is 11.5 Å². The van der Waals surface area contributed by atoms with Crippen LogP contribution in [-0.2, 0) is 17.6 Å². The number of aromatic nitrogens is 1. The second-order valence-corrected chi connectivity index (χ2v) is 11.2. The Kier molecular flexibility index (Phi) is 9.78. The molecule has 0 spiro atoms. The van der Waals surface area contributed by atoms with Crippen molar-refractivity contribution in [3.05, 3.63) is 87.9 Å². The van der Waals surface area contributed by atoms with E-state index in [0.717, 1.165) is 55.1 Å². The Morgan fingerprint density at radius 2 is 1.75 bits per heavy atom. The van der Waals surface area contributed by atoms with Crippen LogP contribution >= 0.6 is 23.2 Å². The van der Waals surface area contributed by atoms with E-state index < -0.39 is 0 Å². The first-order valence-corrected chi connectivity index (χ1v) is 15.0. The fourth-order valence-corrected chi connectivity index (χ4v) is 5.93.